The largest absolute Gasteiger partial charge is 0.496 e. The lowest BCUT2D eigenvalue weighted by atomic mass is 9.85. The van der Waals surface area contributed by atoms with E-state index in [1.54, 1.807) is 13.2 Å². The molecule has 2 bridgehead atoms. The Kier molecular flexibility index (Phi) is 4.78. The highest BCUT2D eigenvalue weighted by atomic mass is 35.5. The number of piperidine rings is 2. The molecule has 0 spiro atoms. The summed E-state index contributed by atoms with van der Waals surface area (Å²) in [5, 5.41) is 7.21. The monoisotopic (exact) mass is 363 g/mol. The van der Waals surface area contributed by atoms with Crippen molar-refractivity contribution in [3.05, 3.63) is 22.2 Å². The summed E-state index contributed by atoms with van der Waals surface area (Å²) in [6, 6.07) is 2.00. The summed E-state index contributed by atoms with van der Waals surface area (Å²) in [5.41, 5.74) is 2.51. The van der Waals surface area contributed by atoms with Gasteiger partial charge in [0.05, 0.1) is 23.4 Å². The number of nitrogens with one attached hydrogen (secondary N) is 2. The van der Waals surface area contributed by atoms with Crippen molar-refractivity contribution < 1.29 is 9.53 Å². The Bertz CT molecular complexity index is 679. The molecule has 1 amide bonds. The van der Waals surface area contributed by atoms with E-state index < -0.39 is 0 Å². The Morgan fingerprint density at radius 3 is 3.08 bits per heavy atom. The number of halogens is 1. The summed E-state index contributed by atoms with van der Waals surface area (Å²) < 4.78 is 5.62. The van der Waals surface area contributed by atoms with Gasteiger partial charge in [-0.1, -0.05) is 11.6 Å². The molecule has 0 radical (unpaired) electrons. The third-order valence-electron chi connectivity index (χ3n) is 5.87. The minimum Gasteiger partial charge on any atom is -0.496 e. The fourth-order valence-electron chi connectivity index (χ4n) is 4.61. The van der Waals surface area contributed by atoms with Crippen molar-refractivity contribution in [3.63, 3.8) is 0 Å². The average molecular weight is 364 g/mol. The quantitative estimate of drug-likeness (QED) is 0.867. The summed E-state index contributed by atoms with van der Waals surface area (Å²) in [4.78, 5) is 15.5. The second kappa shape index (κ2) is 7.04. The zero-order chi connectivity index (χ0) is 17.4. The SMILES string of the molecule is COc1c(C(=O)NC2CCN3CCCC2C3)cc(Cl)c2c1CCCN2. The molecular formula is C19H26ClN3O2. The van der Waals surface area contributed by atoms with Crippen LogP contribution in [0.25, 0.3) is 0 Å². The van der Waals surface area contributed by atoms with Crippen molar-refractivity contribution in [1.82, 2.24) is 10.2 Å². The summed E-state index contributed by atoms with van der Waals surface area (Å²) in [6.07, 6.45) is 5.36. The lowest BCUT2D eigenvalue weighted by Crippen LogP contribution is -2.53. The van der Waals surface area contributed by atoms with Gasteiger partial charge in [-0.05, 0) is 50.6 Å². The van der Waals surface area contributed by atoms with Gasteiger partial charge in [0.2, 0.25) is 0 Å². The molecule has 2 fully saturated rings. The van der Waals surface area contributed by atoms with Gasteiger partial charge < -0.3 is 20.3 Å². The first kappa shape index (κ1) is 17.0. The average Bonchev–Trinajstić information content (AvgIpc) is 2.64. The van der Waals surface area contributed by atoms with E-state index in [2.05, 4.69) is 15.5 Å². The van der Waals surface area contributed by atoms with Crippen LogP contribution in [0.4, 0.5) is 5.69 Å². The topological polar surface area (TPSA) is 53.6 Å². The normalized spacial score (nSPS) is 27.8. The molecule has 1 aromatic carbocycles. The first-order chi connectivity index (χ1) is 12.2. The molecule has 2 N–H and O–H groups in total. The van der Waals surface area contributed by atoms with Gasteiger partial charge in [0, 0.05) is 31.2 Å². The molecule has 3 unspecified atom stereocenters. The molecular weight excluding hydrogens is 338 g/mol. The van der Waals surface area contributed by atoms with Crippen LogP contribution in [-0.4, -0.2) is 50.1 Å². The number of rotatable bonds is 3. The highest BCUT2D eigenvalue weighted by Gasteiger charge is 2.34. The van der Waals surface area contributed by atoms with E-state index in [-0.39, 0.29) is 11.9 Å². The number of benzene rings is 1. The van der Waals surface area contributed by atoms with E-state index in [9.17, 15) is 4.79 Å². The van der Waals surface area contributed by atoms with Gasteiger partial charge in [-0.25, -0.2) is 0 Å². The van der Waals surface area contributed by atoms with Crippen molar-refractivity contribution in [2.45, 2.75) is 38.1 Å². The highest BCUT2D eigenvalue weighted by Crippen LogP contribution is 2.39. The number of ether oxygens (including phenoxy) is 1. The van der Waals surface area contributed by atoms with Crippen molar-refractivity contribution in [3.8, 4) is 5.75 Å². The van der Waals surface area contributed by atoms with Gasteiger partial charge in [-0.2, -0.15) is 0 Å². The van der Waals surface area contributed by atoms with Crippen molar-refractivity contribution in [1.29, 1.82) is 0 Å². The molecule has 25 heavy (non-hydrogen) atoms. The van der Waals surface area contributed by atoms with Crippen molar-refractivity contribution in [2.24, 2.45) is 5.92 Å². The van der Waals surface area contributed by atoms with E-state index in [1.165, 1.54) is 19.4 Å². The molecule has 4 rings (SSSR count). The minimum atomic E-state index is -0.0591. The smallest absolute Gasteiger partial charge is 0.255 e. The van der Waals surface area contributed by atoms with Crippen molar-refractivity contribution in [2.75, 3.05) is 38.6 Å². The van der Waals surface area contributed by atoms with E-state index in [4.69, 9.17) is 16.3 Å². The number of carbonyl (C=O) groups is 1. The Labute approximate surface area is 154 Å². The van der Waals surface area contributed by atoms with Gasteiger partial charge in [0.15, 0.2) is 0 Å². The van der Waals surface area contributed by atoms with Crippen LogP contribution in [0, 0.1) is 5.92 Å². The maximum atomic E-state index is 13.0. The third kappa shape index (κ3) is 3.20. The first-order valence-corrected chi connectivity index (χ1v) is 9.71. The first-order valence-electron chi connectivity index (χ1n) is 9.34. The van der Waals surface area contributed by atoms with Crippen LogP contribution in [0.2, 0.25) is 5.02 Å². The zero-order valence-electron chi connectivity index (χ0n) is 14.7. The minimum absolute atomic E-state index is 0.0591. The van der Waals surface area contributed by atoms with Gasteiger partial charge in [-0.15, -0.1) is 0 Å². The number of hydrogen-bond acceptors (Lipinski definition) is 4. The number of amides is 1. The molecule has 5 nitrogen and oxygen atoms in total. The molecule has 3 aliphatic heterocycles. The summed E-state index contributed by atoms with van der Waals surface area (Å²) in [6.45, 7) is 4.30. The van der Waals surface area contributed by atoms with Crippen LogP contribution >= 0.6 is 11.6 Å². The van der Waals surface area contributed by atoms with Gasteiger partial charge in [0.25, 0.3) is 5.91 Å². The Balaban J connectivity index is 1.58. The van der Waals surface area contributed by atoms with E-state index in [0.29, 0.717) is 22.3 Å². The molecule has 2 saturated heterocycles. The van der Waals surface area contributed by atoms with E-state index in [1.807, 2.05) is 0 Å². The summed E-state index contributed by atoms with van der Waals surface area (Å²) in [5.74, 6) is 1.17. The lowest BCUT2D eigenvalue weighted by Gasteiger charge is -2.42. The van der Waals surface area contributed by atoms with Gasteiger partial charge in [-0.3, -0.25) is 4.79 Å². The molecule has 1 aromatic rings. The molecule has 6 heteroatoms. The lowest BCUT2D eigenvalue weighted by molar-refractivity contribution is 0.0737. The fraction of sp³-hybridized carbons (Fsp3) is 0.632. The Morgan fingerprint density at radius 2 is 2.24 bits per heavy atom. The maximum absolute atomic E-state index is 13.0. The summed E-state index contributed by atoms with van der Waals surface area (Å²) >= 11 is 6.44. The van der Waals surface area contributed by atoms with Crippen LogP contribution in [0.5, 0.6) is 5.75 Å². The van der Waals surface area contributed by atoms with Gasteiger partial charge >= 0.3 is 0 Å². The van der Waals surface area contributed by atoms with Crippen LogP contribution in [0.1, 0.15) is 41.6 Å². The number of carbonyl (C=O) groups excluding carboxylic acids is 1. The number of hydrogen-bond donors (Lipinski definition) is 2. The Morgan fingerprint density at radius 1 is 1.36 bits per heavy atom. The van der Waals surface area contributed by atoms with Crippen LogP contribution < -0.4 is 15.4 Å². The standard InChI is InChI=1S/C19H26ClN3O2/c1-25-18-13-5-2-7-21-17(13)15(20)10-14(18)19(24)22-16-6-9-23-8-3-4-12(16)11-23/h10,12,16,21H,2-9,11H2,1H3,(H,22,24). The molecule has 3 atom stereocenters. The predicted octanol–water partition coefficient (Wildman–Crippen LogP) is 2.92. The number of fused-ring (bicyclic) bond motifs is 3. The predicted molar refractivity (Wildman–Crippen MR) is 99.8 cm³/mol. The fourth-order valence-corrected chi connectivity index (χ4v) is 4.90. The summed E-state index contributed by atoms with van der Waals surface area (Å²) in [7, 11) is 1.63. The van der Waals surface area contributed by atoms with E-state index >= 15 is 0 Å². The van der Waals surface area contributed by atoms with Crippen LogP contribution in [0.3, 0.4) is 0 Å². The second-order valence-corrected chi connectivity index (χ2v) is 7.80. The highest BCUT2D eigenvalue weighted by molar-refractivity contribution is 6.34. The van der Waals surface area contributed by atoms with Crippen LogP contribution in [0.15, 0.2) is 6.07 Å². The molecule has 3 heterocycles. The number of methoxy groups -OCH3 is 1. The number of nitrogens with zero attached hydrogens (tertiary/aromatic N) is 1. The molecule has 136 valence electrons. The van der Waals surface area contributed by atoms with E-state index in [0.717, 1.165) is 50.1 Å². The molecule has 0 aliphatic carbocycles. The molecule has 3 aliphatic rings. The molecule has 0 saturated carbocycles. The Hall–Kier alpha value is -1.46. The van der Waals surface area contributed by atoms with Crippen molar-refractivity contribution >= 4 is 23.2 Å². The van der Waals surface area contributed by atoms with Crippen LogP contribution in [-0.2, 0) is 6.42 Å². The number of anilines is 1. The van der Waals surface area contributed by atoms with Gasteiger partial charge in [0.1, 0.15) is 5.75 Å². The maximum Gasteiger partial charge on any atom is 0.255 e. The third-order valence-corrected chi connectivity index (χ3v) is 6.17. The second-order valence-electron chi connectivity index (χ2n) is 7.39. The molecule has 0 aromatic heterocycles. The zero-order valence-corrected chi connectivity index (χ0v) is 15.5.